The average molecular weight is 781 g/mol. The molecule has 0 saturated heterocycles. The molecule has 0 fully saturated rings. The van der Waals surface area contributed by atoms with Gasteiger partial charge in [-0.1, -0.05) is 48.5 Å². The number of unbranched alkanes of at least 4 members (excludes halogenated alkanes) is 3. The Labute approximate surface area is 324 Å². The first kappa shape index (κ1) is 43.1. The standard InChI is InChI=1S/C42H62N4O6P2/c1-35-17-13-21-39(31-35)49-53(47,50-40-22-14-18-36(2)32-40)43-25-29-45(5,6)27-11-9-10-12-28-46(7,8)30-26-44-54(48,51-41-23-15-19-37(3)33-41)52-42-24-16-20-38(4)34-42/h13-24,31-34H,9-12,25-30H2,1-8H3,(H,43,47)(H,44,48)/q+2. The van der Waals surface area contributed by atoms with Crippen molar-refractivity contribution in [1.29, 1.82) is 0 Å². The Bertz CT molecular complexity index is 1650. The lowest BCUT2D eigenvalue weighted by Crippen LogP contribution is -2.45. The van der Waals surface area contributed by atoms with Crippen LogP contribution in [0.1, 0.15) is 47.9 Å². The summed E-state index contributed by atoms with van der Waals surface area (Å²) < 4.78 is 53.4. The van der Waals surface area contributed by atoms with Gasteiger partial charge in [-0.15, -0.1) is 0 Å². The molecule has 294 valence electrons. The first-order valence-corrected chi connectivity index (χ1v) is 22.0. The molecule has 10 nitrogen and oxygen atoms in total. The first-order valence-electron chi connectivity index (χ1n) is 18.9. The van der Waals surface area contributed by atoms with Gasteiger partial charge in [0.15, 0.2) is 0 Å². The van der Waals surface area contributed by atoms with Crippen LogP contribution in [0.25, 0.3) is 0 Å². The fraction of sp³-hybridized carbons (Fsp3) is 0.429. The molecule has 54 heavy (non-hydrogen) atoms. The topological polar surface area (TPSA) is 95.1 Å². The van der Waals surface area contributed by atoms with E-state index in [9.17, 15) is 9.13 Å². The smallest absolute Gasteiger partial charge is 0.405 e. The number of likely N-dealkylation sites (N-methyl/N-ethyl adjacent to an activating group) is 2. The van der Waals surface area contributed by atoms with E-state index in [-0.39, 0.29) is 0 Å². The lowest BCUT2D eigenvalue weighted by molar-refractivity contribution is -0.890. The summed E-state index contributed by atoms with van der Waals surface area (Å²) in [5, 5.41) is 6.25. The Morgan fingerprint density at radius 3 is 0.981 bits per heavy atom. The molecule has 0 aliphatic heterocycles. The SMILES string of the molecule is Cc1cccc(OP(=O)(NCC[N+](C)(C)CCCCCC[N+](C)(C)CCNP(=O)(Oc2cccc(C)c2)Oc2cccc(C)c2)Oc2cccc(C)c2)c1. The average Bonchev–Trinajstić information content (AvgIpc) is 3.06. The number of hydrogen-bond acceptors (Lipinski definition) is 6. The molecule has 0 unspecified atom stereocenters. The summed E-state index contributed by atoms with van der Waals surface area (Å²) in [5.74, 6) is 2.02. The van der Waals surface area contributed by atoms with Gasteiger partial charge in [0.1, 0.15) is 23.0 Å². The molecule has 0 aromatic heterocycles. The van der Waals surface area contributed by atoms with E-state index >= 15 is 0 Å². The van der Waals surface area contributed by atoms with Crippen molar-refractivity contribution in [3.05, 3.63) is 119 Å². The third kappa shape index (κ3) is 15.6. The summed E-state index contributed by atoms with van der Waals surface area (Å²) in [6.07, 6.45) is 4.44. The highest BCUT2D eigenvalue weighted by atomic mass is 31.2. The van der Waals surface area contributed by atoms with Gasteiger partial charge >= 0.3 is 15.5 Å². The lowest BCUT2D eigenvalue weighted by atomic mass is 10.1. The van der Waals surface area contributed by atoms with Gasteiger partial charge in [-0.2, -0.15) is 10.2 Å². The second kappa shape index (κ2) is 19.8. The van der Waals surface area contributed by atoms with Gasteiger partial charge in [0.2, 0.25) is 0 Å². The zero-order valence-corrected chi connectivity index (χ0v) is 35.3. The van der Waals surface area contributed by atoms with E-state index in [1.165, 1.54) is 0 Å². The summed E-state index contributed by atoms with van der Waals surface area (Å²) in [7, 11) is 1.41. The van der Waals surface area contributed by atoms with Gasteiger partial charge in [-0.3, -0.25) is 0 Å². The minimum atomic E-state index is -3.70. The van der Waals surface area contributed by atoms with E-state index in [0.717, 1.165) is 83.1 Å². The Morgan fingerprint density at radius 2 is 0.722 bits per heavy atom. The van der Waals surface area contributed by atoms with Gasteiger partial charge < -0.3 is 27.1 Å². The largest absolute Gasteiger partial charge is 0.513 e. The van der Waals surface area contributed by atoms with Crippen molar-refractivity contribution in [2.45, 2.75) is 53.4 Å². The van der Waals surface area contributed by atoms with Gasteiger partial charge in [-0.25, -0.2) is 9.13 Å². The van der Waals surface area contributed by atoms with Crippen molar-refractivity contribution in [3.63, 3.8) is 0 Å². The number of nitrogens with zero attached hydrogens (tertiary/aromatic N) is 2. The summed E-state index contributed by atoms with van der Waals surface area (Å²) in [6.45, 7) is 12.4. The number of quaternary nitrogens is 2. The lowest BCUT2D eigenvalue weighted by Gasteiger charge is -2.31. The molecule has 0 heterocycles. The molecule has 4 aromatic rings. The maximum atomic E-state index is 14.0. The molecule has 12 heteroatoms. The van der Waals surface area contributed by atoms with E-state index in [1.807, 2.05) is 100 Å². The highest BCUT2D eigenvalue weighted by molar-refractivity contribution is 7.52. The number of hydrogen-bond donors (Lipinski definition) is 2. The van der Waals surface area contributed by atoms with Crippen LogP contribution in [0.15, 0.2) is 97.1 Å². The summed E-state index contributed by atoms with van der Waals surface area (Å²) in [4.78, 5) is 0. The van der Waals surface area contributed by atoms with Crippen molar-refractivity contribution < 1.29 is 36.2 Å². The van der Waals surface area contributed by atoms with E-state index in [1.54, 1.807) is 24.3 Å². The maximum Gasteiger partial charge on any atom is 0.513 e. The minimum Gasteiger partial charge on any atom is -0.405 e. The van der Waals surface area contributed by atoms with Crippen molar-refractivity contribution in [2.75, 3.05) is 67.5 Å². The highest BCUT2D eigenvalue weighted by Gasteiger charge is 2.31. The van der Waals surface area contributed by atoms with Crippen LogP contribution in [0.2, 0.25) is 0 Å². The summed E-state index contributed by atoms with van der Waals surface area (Å²) in [6, 6.07) is 30.0. The molecular formula is C42H62N4O6P2+2. The summed E-state index contributed by atoms with van der Waals surface area (Å²) in [5.41, 5.74) is 4.07. The molecule has 0 bridgehead atoms. The molecule has 0 aliphatic carbocycles. The van der Waals surface area contributed by atoms with E-state index in [0.29, 0.717) is 36.1 Å². The van der Waals surface area contributed by atoms with Crippen molar-refractivity contribution in [1.82, 2.24) is 10.2 Å². The van der Waals surface area contributed by atoms with Gasteiger partial charge in [0.25, 0.3) is 0 Å². The van der Waals surface area contributed by atoms with Crippen LogP contribution in [0.4, 0.5) is 0 Å². The number of rotatable bonds is 23. The second-order valence-electron chi connectivity index (χ2n) is 15.6. The number of benzene rings is 4. The van der Waals surface area contributed by atoms with Crippen molar-refractivity contribution in [3.8, 4) is 23.0 Å². The molecule has 4 rings (SSSR count). The van der Waals surface area contributed by atoms with Gasteiger partial charge in [0.05, 0.1) is 67.5 Å². The van der Waals surface area contributed by atoms with Gasteiger partial charge in [0, 0.05) is 0 Å². The molecule has 0 amide bonds. The zero-order chi connectivity index (χ0) is 39.2. The van der Waals surface area contributed by atoms with Crippen molar-refractivity contribution >= 4 is 15.5 Å². The van der Waals surface area contributed by atoms with E-state index in [2.05, 4.69) is 38.4 Å². The molecule has 0 saturated carbocycles. The molecule has 4 aromatic carbocycles. The van der Waals surface area contributed by atoms with E-state index < -0.39 is 15.5 Å². The quantitative estimate of drug-likeness (QED) is 0.0437. The molecule has 0 radical (unpaired) electrons. The third-order valence-corrected chi connectivity index (χ3v) is 12.2. The van der Waals surface area contributed by atoms with Crippen LogP contribution >= 0.6 is 15.5 Å². The molecule has 0 aliphatic rings. The van der Waals surface area contributed by atoms with Crippen LogP contribution in [0.5, 0.6) is 23.0 Å². The molecule has 0 atom stereocenters. The van der Waals surface area contributed by atoms with Crippen LogP contribution in [0, 0.1) is 27.7 Å². The van der Waals surface area contributed by atoms with E-state index in [4.69, 9.17) is 18.1 Å². The Morgan fingerprint density at radius 1 is 0.444 bits per heavy atom. The fourth-order valence-corrected chi connectivity index (χ4v) is 8.69. The molecule has 2 N–H and O–H groups in total. The minimum absolute atomic E-state index is 0.473. The number of aryl methyl sites for hydroxylation is 4. The summed E-state index contributed by atoms with van der Waals surface area (Å²) >= 11 is 0. The van der Waals surface area contributed by atoms with Gasteiger partial charge in [-0.05, 0) is 124 Å². The monoisotopic (exact) mass is 780 g/mol. The first-order chi connectivity index (χ1) is 25.5. The van der Waals surface area contributed by atoms with Crippen molar-refractivity contribution in [2.24, 2.45) is 0 Å². The second-order valence-corrected chi connectivity index (χ2v) is 19.0. The Hall–Kier alpha value is -3.62. The molecule has 0 spiro atoms. The van der Waals surface area contributed by atoms with Crippen LogP contribution < -0.4 is 28.3 Å². The maximum absolute atomic E-state index is 14.0. The van der Waals surface area contributed by atoms with Crippen LogP contribution in [0.3, 0.4) is 0 Å². The number of nitrogens with one attached hydrogen (secondary N) is 2. The highest BCUT2D eigenvalue weighted by Crippen LogP contribution is 2.46. The fourth-order valence-electron chi connectivity index (χ4n) is 6.05. The third-order valence-electron chi connectivity index (χ3n) is 9.18. The predicted molar refractivity (Wildman–Crippen MR) is 221 cm³/mol. The zero-order valence-electron chi connectivity index (χ0n) is 33.5. The van der Waals surface area contributed by atoms with Crippen LogP contribution in [-0.4, -0.2) is 76.4 Å². The Kier molecular flexibility index (Phi) is 15.8. The normalized spacial score (nSPS) is 12.4. The Balaban J connectivity index is 1.19. The predicted octanol–water partition coefficient (Wildman–Crippen LogP) is 9.64. The van der Waals surface area contributed by atoms with Crippen LogP contribution in [-0.2, 0) is 9.13 Å². The molecular weight excluding hydrogens is 718 g/mol.